The van der Waals surface area contributed by atoms with Crippen LogP contribution in [0.1, 0.15) is 84.0 Å². The molecule has 0 spiro atoms. The van der Waals surface area contributed by atoms with Gasteiger partial charge in [0.1, 0.15) is 11.9 Å². The number of unbranched alkanes of at least 4 members (excludes halogenated alkanes) is 10. The van der Waals surface area contributed by atoms with Gasteiger partial charge in [0, 0.05) is 12.1 Å². The van der Waals surface area contributed by atoms with Gasteiger partial charge in [0.05, 0.1) is 7.11 Å². The third kappa shape index (κ3) is 14.8. The molecule has 1 rings (SSSR count). The van der Waals surface area contributed by atoms with Gasteiger partial charge in [-0.2, -0.15) is 0 Å². The number of thiocarbonyl (C=S) groups is 1. The molecule has 0 radical (unpaired) electrons. The maximum atomic E-state index is 12.4. The van der Waals surface area contributed by atoms with Gasteiger partial charge in [0.2, 0.25) is 9.70 Å². The van der Waals surface area contributed by atoms with E-state index in [9.17, 15) is 4.79 Å². The number of nitrogens with one attached hydrogen (secondary N) is 3. The van der Waals surface area contributed by atoms with Crippen LogP contribution in [-0.4, -0.2) is 28.1 Å². The van der Waals surface area contributed by atoms with E-state index < -0.39 is 9.96 Å². The molecule has 33 heavy (non-hydrogen) atoms. The molecule has 9 heteroatoms. The molecule has 1 amide bonds. The summed E-state index contributed by atoms with van der Waals surface area (Å²) in [5.74, 6) is 0.551. The van der Waals surface area contributed by atoms with E-state index in [-0.39, 0.29) is 11.0 Å². The van der Waals surface area contributed by atoms with Crippen LogP contribution in [0, 0.1) is 0 Å². The van der Waals surface area contributed by atoms with Crippen LogP contribution in [0.3, 0.4) is 0 Å². The van der Waals surface area contributed by atoms with Gasteiger partial charge < -0.3 is 20.7 Å². The summed E-state index contributed by atoms with van der Waals surface area (Å²) in [6.07, 6.45) is 12.9. The lowest BCUT2D eigenvalue weighted by Gasteiger charge is -2.27. The van der Waals surface area contributed by atoms with Gasteiger partial charge in [-0.1, -0.05) is 106 Å². The Kier molecular flexibility index (Phi) is 15.9. The molecule has 0 aliphatic heterocycles. The van der Waals surface area contributed by atoms with Gasteiger partial charge in [-0.3, -0.25) is 4.79 Å². The van der Waals surface area contributed by atoms with E-state index in [1.807, 2.05) is 12.1 Å². The molecule has 5 nitrogen and oxygen atoms in total. The van der Waals surface area contributed by atoms with Gasteiger partial charge in [-0.15, -0.1) is 0 Å². The first-order valence-corrected chi connectivity index (χ1v) is 13.4. The minimum atomic E-state index is -1.77. The van der Waals surface area contributed by atoms with Gasteiger partial charge in [0.15, 0.2) is 5.11 Å². The molecule has 1 aromatic rings. The van der Waals surface area contributed by atoms with Crippen molar-refractivity contribution < 1.29 is 9.53 Å². The molecular weight excluding hydrogens is 501 g/mol. The zero-order valence-corrected chi connectivity index (χ0v) is 22.8. The lowest BCUT2D eigenvalue weighted by atomic mass is 10.1. The second kappa shape index (κ2) is 17.5. The average molecular weight is 539 g/mol. The predicted octanol–water partition coefficient (Wildman–Crippen LogP) is 7.50. The number of carbonyl (C=O) groups is 1. The number of amides is 1. The Balaban J connectivity index is 2.27. The summed E-state index contributed by atoms with van der Waals surface area (Å²) in [4.78, 5) is 12.4. The predicted molar refractivity (Wildman–Crippen MR) is 146 cm³/mol. The maximum Gasteiger partial charge on any atom is 0.228 e. The molecule has 3 N–H and O–H groups in total. The first-order chi connectivity index (χ1) is 15.8. The minimum absolute atomic E-state index is 0.179. The zero-order chi connectivity index (χ0) is 24.5. The van der Waals surface area contributed by atoms with Crippen LogP contribution in [0.25, 0.3) is 0 Å². The summed E-state index contributed by atoms with van der Waals surface area (Å²) in [6.45, 7) is 2.24. The van der Waals surface area contributed by atoms with E-state index >= 15 is 0 Å². The third-order valence-electron chi connectivity index (χ3n) is 5.26. The van der Waals surface area contributed by atoms with Crippen molar-refractivity contribution in [2.24, 2.45) is 0 Å². The lowest BCUT2D eigenvalue weighted by molar-refractivity contribution is -0.122. The van der Waals surface area contributed by atoms with E-state index in [1.54, 1.807) is 19.2 Å². The monoisotopic (exact) mass is 537 g/mol. The SMILES string of the molecule is CCCCCCCCCCCCCC(=O)N[C@@H](NC(=S)Nc1ccc(OC)cc1)C(Cl)(Cl)Cl. The number of ether oxygens (including phenoxy) is 1. The van der Waals surface area contributed by atoms with Crippen molar-refractivity contribution >= 4 is 63.7 Å². The van der Waals surface area contributed by atoms with E-state index in [0.29, 0.717) is 6.42 Å². The topological polar surface area (TPSA) is 62.4 Å². The fourth-order valence-corrected chi connectivity index (χ4v) is 3.92. The van der Waals surface area contributed by atoms with E-state index in [0.717, 1.165) is 30.7 Å². The number of hydrogen-bond acceptors (Lipinski definition) is 3. The highest BCUT2D eigenvalue weighted by Gasteiger charge is 2.34. The summed E-state index contributed by atoms with van der Waals surface area (Å²) in [7, 11) is 1.60. The van der Waals surface area contributed by atoms with Crippen LogP contribution in [0.2, 0.25) is 0 Å². The summed E-state index contributed by atoms with van der Waals surface area (Å²) in [6, 6.07) is 7.21. The van der Waals surface area contributed by atoms with Crippen LogP contribution in [0.15, 0.2) is 24.3 Å². The molecular formula is C24H38Cl3N3O2S. The van der Waals surface area contributed by atoms with Crippen molar-refractivity contribution in [3.8, 4) is 5.75 Å². The lowest BCUT2D eigenvalue weighted by Crippen LogP contribution is -2.56. The van der Waals surface area contributed by atoms with Gasteiger partial charge in [-0.25, -0.2) is 0 Å². The Labute approximate surface area is 219 Å². The molecule has 0 aliphatic carbocycles. The molecule has 0 aromatic heterocycles. The summed E-state index contributed by atoms with van der Waals surface area (Å²) < 4.78 is 3.37. The van der Waals surface area contributed by atoms with Crippen molar-refractivity contribution in [2.75, 3.05) is 12.4 Å². The smallest absolute Gasteiger partial charge is 0.228 e. The number of anilines is 1. The Bertz CT molecular complexity index is 685. The van der Waals surface area contributed by atoms with Gasteiger partial charge in [-0.05, 0) is 42.9 Å². The molecule has 1 atom stereocenters. The molecule has 0 saturated heterocycles. The number of benzene rings is 1. The number of rotatable bonds is 16. The van der Waals surface area contributed by atoms with Crippen molar-refractivity contribution in [1.82, 2.24) is 10.6 Å². The highest BCUT2D eigenvalue weighted by Crippen LogP contribution is 2.29. The average Bonchev–Trinajstić information content (AvgIpc) is 2.77. The minimum Gasteiger partial charge on any atom is -0.497 e. The Morgan fingerprint density at radius 1 is 0.909 bits per heavy atom. The Morgan fingerprint density at radius 3 is 1.91 bits per heavy atom. The van der Waals surface area contributed by atoms with Crippen molar-refractivity contribution in [3.63, 3.8) is 0 Å². The van der Waals surface area contributed by atoms with E-state index in [4.69, 9.17) is 51.8 Å². The molecule has 188 valence electrons. The second-order valence-electron chi connectivity index (χ2n) is 8.15. The number of alkyl halides is 3. The second-order valence-corrected chi connectivity index (χ2v) is 10.9. The first kappa shape index (κ1) is 30.1. The van der Waals surface area contributed by atoms with Gasteiger partial charge >= 0.3 is 0 Å². The normalized spacial score (nSPS) is 12.2. The number of hydrogen-bond donors (Lipinski definition) is 3. The molecule has 0 fully saturated rings. The Morgan fingerprint density at radius 2 is 1.42 bits per heavy atom. The largest absolute Gasteiger partial charge is 0.497 e. The summed E-state index contributed by atoms with van der Waals surface area (Å²) in [5.41, 5.74) is 0.739. The van der Waals surface area contributed by atoms with Crippen molar-refractivity contribution in [2.45, 2.75) is 93.9 Å². The van der Waals surface area contributed by atoms with Crippen LogP contribution in [0.5, 0.6) is 5.75 Å². The molecule has 0 bridgehead atoms. The molecule has 0 heterocycles. The fraction of sp³-hybridized carbons (Fsp3) is 0.667. The van der Waals surface area contributed by atoms with E-state index in [1.165, 1.54) is 51.4 Å². The maximum absolute atomic E-state index is 12.4. The standard InChI is InChI=1S/C24H38Cl3N3O2S/c1-3-4-5-6-7-8-9-10-11-12-13-14-21(31)29-22(24(25,26)27)30-23(33)28-19-15-17-20(32-2)18-16-19/h15-18,22H,3-14H2,1-2H3,(H,29,31)(H2,28,30,33)/t22-/m0/s1. The van der Waals surface area contributed by atoms with Crippen molar-refractivity contribution in [1.29, 1.82) is 0 Å². The number of methoxy groups -OCH3 is 1. The highest BCUT2D eigenvalue weighted by atomic mass is 35.6. The van der Waals surface area contributed by atoms with Crippen LogP contribution in [-0.2, 0) is 4.79 Å². The van der Waals surface area contributed by atoms with Crippen LogP contribution in [0.4, 0.5) is 5.69 Å². The molecule has 0 unspecified atom stereocenters. The summed E-state index contributed by atoms with van der Waals surface area (Å²) in [5, 5.41) is 8.83. The van der Waals surface area contributed by atoms with Gasteiger partial charge in [0.25, 0.3) is 0 Å². The number of carbonyl (C=O) groups excluding carboxylic acids is 1. The molecule has 0 aliphatic rings. The zero-order valence-electron chi connectivity index (χ0n) is 19.7. The highest BCUT2D eigenvalue weighted by molar-refractivity contribution is 7.80. The van der Waals surface area contributed by atoms with Crippen LogP contribution >= 0.6 is 47.0 Å². The molecule has 1 aromatic carbocycles. The third-order valence-corrected chi connectivity index (χ3v) is 6.14. The Hall–Kier alpha value is -0.950. The first-order valence-electron chi connectivity index (χ1n) is 11.8. The number of halogens is 3. The fourth-order valence-electron chi connectivity index (χ4n) is 3.36. The van der Waals surface area contributed by atoms with E-state index in [2.05, 4.69) is 22.9 Å². The quantitative estimate of drug-likeness (QED) is 0.0880. The van der Waals surface area contributed by atoms with Crippen molar-refractivity contribution in [3.05, 3.63) is 24.3 Å². The summed E-state index contributed by atoms with van der Waals surface area (Å²) >= 11 is 23.5. The molecule has 0 saturated carbocycles. The van der Waals surface area contributed by atoms with Crippen LogP contribution < -0.4 is 20.7 Å².